The number of rotatable bonds is 7. The highest BCUT2D eigenvalue weighted by molar-refractivity contribution is 7.26. The van der Waals surface area contributed by atoms with Crippen molar-refractivity contribution in [2.75, 3.05) is 4.90 Å². The summed E-state index contributed by atoms with van der Waals surface area (Å²) in [6.07, 6.45) is 0. The molecule has 61 heavy (non-hydrogen) atoms. The molecular weight excluding hydrogens is 759 g/mol. The zero-order valence-corrected chi connectivity index (χ0v) is 33.9. The second-order valence-electron chi connectivity index (χ2n) is 15.6. The van der Waals surface area contributed by atoms with Crippen molar-refractivity contribution in [2.24, 2.45) is 0 Å². The lowest BCUT2D eigenvalue weighted by molar-refractivity contribution is 0.669. The first-order chi connectivity index (χ1) is 30.2. The molecule has 0 spiro atoms. The molecule has 0 aliphatic carbocycles. The summed E-state index contributed by atoms with van der Waals surface area (Å²) >= 11 is 1.87. The molecule has 0 saturated heterocycles. The number of hydrogen-bond acceptors (Lipinski definition) is 3. The number of thiophene rings is 1. The van der Waals surface area contributed by atoms with Gasteiger partial charge in [-0.3, -0.25) is 0 Å². The van der Waals surface area contributed by atoms with Gasteiger partial charge in [0.1, 0.15) is 11.2 Å². The van der Waals surface area contributed by atoms with Crippen LogP contribution in [0.4, 0.5) is 17.1 Å². The Morgan fingerprint density at radius 2 is 0.967 bits per heavy atom. The third kappa shape index (κ3) is 6.09. The summed E-state index contributed by atoms with van der Waals surface area (Å²) in [5, 5.41) is 7.34. The summed E-state index contributed by atoms with van der Waals surface area (Å²) in [5.41, 5.74) is 14.5. The highest BCUT2D eigenvalue weighted by Crippen LogP contribution is 2.44. The van der Waals surface area contributed by atoms with Crippen molar-refractivity contribution in [3.05, 3.63) is 224 Å². The molecule has 2 nitrogen and oxygen atoms in total. The van der Waals surface area contributed by atoms with Crippen LogP contribution in [0.15, 0.2) is 229 Å². The lowest BCUT2D eigenvalue weighted by atomic mass is 9.90. The summed E-state index contributed by atoms with van der Waals surface area (Å²) in [6, 6.07) is 81.1. The molecule has 286 valence electrons. The first-order valence-corrected chi connectivity index (χ1v) is 21.6. The van der Waals surface area contributed by atoms with Gasteiger partial charge >= 0.3 is 0 Å². The van der Waals surface area contributed by atoms with Crippen LogP contribution in [0.2, 0.25) is 0 Å². The number of furan rings is 1. The Morgan fingerprint density at radius 1 is 0.328 bits per heavy atom. The molecular formula is C58H37NOS. The van der Waals surface area contributed by atoms with Gasteiger partial charge in [-0.05, 0) is 110 Å². The van der Waals surface area contributed by atoms with E-state index >= 15 is 0 Å². The molecule has 0 N–H and O–H groups in total. The minimum atomic E-state index is 0.864. The minimum absolute atomic E-state index is 0.864. The first-order valence-electron chi connectivity index (χ1n) is 20.7. The van der Waals surface area contributed by atoms with Crippen LogP contribution in [0.5, 0.6) is 0 Å². The van der Waals surface area contributed by atoms with Crippen molar-refractivity contribution in [3.8, 4) is 44.5 Å². The highest BCUT2D eigenvalue weighted by Gasteiger charge is 2.19. The molecule has 0 atom stereocenters. The molecule has 12 aromatic rings. The van der Waals surface area contributed by atoms with Crippen molar-refractivity contribution < 1.29 is 4.42 Å². The molecule has 2 aromatic heterocycles. The molecule has 3 heteroatoms. The van der Waals surface area contributed by atoms with E-state index in [-0.39, 0.29) is 0 Å². The number of anilines is 3. The second kappa shape index (κ2) is 14.5. The Balaban J connectivity index is 0.982. The van der Waals surface area contributed by atoms with Gasteiger partial charge in [0.05, 0.1) is 0 Å². The summed E-state index contributed by atoms with van der Waals surface area (Å²) in [7, 11) is 0. The van der Waals surface area contributed by atoms with Gasteiger partial charge < -0.3 is 9.32 Å². The molecule has 2 heterocycles. The lowest BCUT2D eigenvalue weighted by Gasteiger charge is -2.26. The van der Waals surface area contributed by atoms with E-state index in [4.69, 9.17) is 4.42 Å². The SMILES string of the molecule is c1ccc(-c2c(-c3ccc(N(c4cccc(-c5cccc(-c6cccc7c6sc6ccccc67)c5)c4)c4ccc5c(c4)oc4ccccc45)cc3)ccc3ccccc23)cc1. The van der Waals surface area contributed by atoms with Crippen LogP contribution < -0.4 is 4.90 Å². The van der Waals surface area contributed by atoms with E-state index < -0.39 is 0 Å². The van der Waals surface area contributed by atoms with E-state index in [1.165, 1.54) is 69.9 Å². The van der Waals surface area contributed by atoms with Gasteiger partial charge in [-0.15, -0.1) is 11.3 Å². The fraction of sp³-hybridized carbons (Fsp3) is 0. The summed E-state index contributed by atoms with van der Waals surface area (Å²) in [4.78, 5) is 2.35. The molecule has 0 unspecified atom stereocenters. The fourth-order valence-corrected chi connectivity index (χ4v) is 10.4. The number of fused-ring (bicyclic) bond motifs is 7. The Morgan fingerprint density at radius 3 is 1.85 bits per heavy atom. The van der Waals surface area contributed by atoms with Gasteiger partial charge in [-0.2, -0.15) is 0 Å². The normalized spacial score (nSPS) is 11.6. The van der Waals surface area contributed by atoms with Crippen molar-refractivity contribution >= 4 is 81.3 Å². The Labute approximate surface area is 357 Å². The Kier molecular flexibility index (Phi) is 8.39. The van der Waals surface area contributed by atoms with Crippen LogP contribution >= 0.6 is 11.3 Å². The van der Waals surface area contributed by atoms with E-state index in [9.17, 15) is 0 Å². The third-order valence-corrected chi connectivity index (χ3v) is 13.3. The van der Waals surface area contributed by atoms with Gasteiger partial charge in [0, 0.05) is 54.1 Å². The quantitative estimate of drug-likeness (QED) is 0.160. The zero-order chi connectivity index (χ0) is 40.3. The molecule has 12 rings (SSSR count). The van der Waals surface area contributed by atoms with Crippen LogP contribution in [0.25, 0.3) is 97.4 Å². The standard InChI is InChI=1S/C58H37NOS/c1-2-14-40(15-3-1)57-47-20-5-4-13-38(47)29-33-48(57)39-27-30-44(31-28-39)59(46-32-34-51-50-21-6-8-25-54(50)60-55(51)37-46)45-19-11-17-42(36-45)41-16-10-18-43(35-41)49-23-12-24-53-52-22-7-9-26-56(52)61-58(49)53/h1-37H. The summed E-state index contributed by atoms with van der Waals surface area (Å²) < 4.78 is 9.09. The summed E-state index contributed by atoms with van der Waals surface area (Å²) in [5.74, 6) is 0. The molecule has 0 bridgehead atoms. The van der Waals surface area contributed by atoms with Gasteiger partial charge in [0.25, 0.3) is 0 Å². The maximum atomic E-state index is 6.45. The highest BCUT2D eigenvalue weighted by atomic mass is 32.1. The average Bonchev–Trinajstić information content (AvgIpc) is 3.90. The molecule has 0 radical (unpaired) electrons. The number of hydrogen-bond donors (Lipinski definition) is 0. The van der Waals surface area contributed by atoms with Crippen LogP contribution in [-0.4, -0.2) is 0 Å². The average molecular weight is 796 g/mol. The largest absolute Gasteiger partial charge is 0.456 e. The molecule has 0 aliphatic heterocycles. The van der Waals surface area contributed by atoms with Crippen LogP contribution in [0, 0.1) is 0 Å². The third-order valence-electron chi connectivity index (χ3n) is 12.1. The fourth-order valence-electron chi connectivity index (χ4n) is 9.18. The first kappa shape index (κ1) is 35.2. The molecule has 10 aromatic carbocycles. The Hall–Kier alpha value is -7.72. The maximum absolute atomic E-state index is 6.45. The van der Waals surface area contributed by atoms with Gasteiger partial charge in [-0.1, -0.05) is 164 Å². The van der Waals surface area contributed by atoms with Gasteiger partial charge in [0.15, 0.2) is 0 Å². The van der Waals surface area contributed by atoms with Crippen molar-refractivity contribution in [2.45, 2.75) is 0 Å². The van der Waals surface area contributed by atoms with E-state index in [2.05, 4.69) is 217 Å². The monoisotopic (exact) mass is 795 g/mol. The number of nitrogens with zero attached hydrogens (tertiary/aromatic N) is 1. The topological polar surface area (TPSA) is 16.4 Å². The van der Waals surface area contributed by atoms with Crippen molar-refractivity contribution in [3.63, 3.8) is 0 Å². The Bertz CT molecular complexity index is 3600. The zero-order valence-electron chi connectivity index (χ0n) is 33.1. The molecule has 0 amide bonds. The molecule has 0 saturated carbocycles. The number of benzene rings is 10. The van der Waals surface area contributed by atoms with Crippen LogP contribution in [-0.2, 0) is 0 Å². The molecule has 0 fully saturated rings. The van der Waals surface area contributed by atoms with Gasteiger partial charge in [0.2, 0.25) is 0 Å². The number of para-hydroxylation sites is 1. The van der Waals surface area contributed by atoms with Crippen LogP contribution in [0.3, 0.4) is 0 Å². The maximum Gasteiger partial charge on any atom is 0.137 e. The molecule has 0 aliphatic rings. The van der Waals surface area contributed by atoms with E-state index in [0.717, 1.165) is 44.6 Å². The predicted octanol–water partition coefficient (Wildman–Crippen LogP) is 17.2. The lowest BCUT2D eigenvalue weighted by Crippen LogP contribution is -2.10. The van der Waals surface area contributed by atoms with E-state index in [1.54, 1.807) is 0 Å². The smallest absolute Gasteiger partial charge is 0.137 e. The predicted molar refractivity (Wildman–Crippen MR) is 261 cm³/mol. The van der Waals surface area contributed by atoms with Crippen molar-refractivity contribution in [1.82, 2.24) is 0 Å². The second-order valence-corrected chi connectivity index (χ2v) is 16.7. The minimum Gasteiger partial charge on any atom is -0.456 e. The summed E-state index contributed by atoms with van der Waals surface area (Å²) in [6.45, 7) is 0. The van der Waals surface area contributed by atoms with Crippen molar-refractivity contribution in [1.29, 1.82) is 0 Å². The van der Waals surface area contributed by atoms with Gasteiger partial charge in [-0.25, -0.2) is 0 Å². The van der Waals surface area contributed by atoms with E-state index in [0.29, 0.717) is 0 Å². The van der Waals surface area contributed by atoms with Crippen LogP contribution in [0.1, 0.15) is 0 Å². The van der Waals surface area contributed by atoms with E-state index in [1.807, 2.05) is 23.5 Å².